The van der Waals surface area contributed by atoms with Crippen molar-refractivity contribution < 1.29 is 13.5 Å². The molecule has 28 heavy (non-hydrogen) atoms. The Balaban J connectivity index is 0.00000280. The van der Waals surface area contributed by atoms with Gasteiger partial charge in [0.2, 0.25) is 0 Å². The van der Waals surface area contributed by atoms with Gasteiger partial charge in [-0.05, 0) is 31.7 Å². The van der Waals surface area contributed by atoms with Gasteiger partial charge in [-0.15, -0.1) is 24.0 Å². The molecule has 0 bridgehead atoms. The van der Waals surface area contributed by atoms with Crippen molar-refractivity contribution in [3.8, 4) is 5.75 Å². The van der Waals surface area contributed by atoms with E-state index in [-0.39, 0.29) is 36.3 Å². The fourth-order valence-electron chi connectivity index (χ4n) is 2.59. The number of alkyl halides is 2. The van der Waals surface area contributed by atoms with Gasteiger partial charge in [0.25, 0.3) is 0 Å². The minimum absolute atomic E-state index is 0. The van der Waals surface area contributed by atoms with Crippen LogP contribution in [0.1, 0.15) is 37.7 Å². The monoisotopic (exact) mass is 505 g/mol. The third-order valence-corrected chi connectivity index (χ3v) is 4.27. The number of nitrogens with one attached hydrogen (secondary N) is 2. The number of aliphatic imine (C=N–C) groups is 1. The third kappa shape index (κ3) is 6.61. The van der Waals surface area contributed by atoms with Crippen LogP contribution in [0.4, 0.5) is 8.78 Å². The fraction of sp³-hybridized carbons (Fsp3) is 0.474. The van der Waals surface area contributed by atoms with E-state index in [1.54, 1.807) is 0 Å². The van der Waals surface area contributed by atoms with E-state index < -0.39 is 6.55 Å². The Morgan fingerprint density at radius 3 is 2.82 bits per heavy atom. The van der Waals surface area contributed by atoms with Crippen LogP contribution in [0.15, 0.2) is 41.7 Å². The van der Waals surface area contributed by atoms with Crippen molar-refractivity contribution >= 4 is 29.9 Å². The number of halogens is 3. The third-order valence-electron chi connectivity index (χ3n) is 4.27. The number of aromatic nitrogens is 2. The van der Waals surface area contributed by atoms with E-state index in [4.69, 9.17) is 4.74 Å². The Kier molecular flexibility index (Phi) is 8.94. The summed E-state index contributed by atoms with van der Waals surface area (Å²) in [6.45, 7) is 1.33. The number of para-hydroxylation sites is 1. The molecule has 0 atom stereocenters. The van der Waals surface area contributed by atoms with E-state index in [0.29, 0.717) is 25.0 Å². The second-order valence-corrected chi connectivity index (χ2v) is 6.44. The zero-order valence-corrected chi connectivity index (χ0v) is 18.1. The average Bonchev–Trinajstić information content (AvgIpc) is 3.37. The minimum Gasteiger partial charge on any atom is -0.493 e. The Labute approximate surface area is 180 Å². The molecular weight excluding hydrogens is 479 g/mol. The highest BCUT2D eigenvalue weighted by Gasteiger charge is 2.22. The average molecular weight is 505 g/mol. The molecule has 0 unspecified atom stereocenters. The molecule has 1 fully saturated rings. The maximum atomic E-state index is 12.9. The van der Waals surface area contributed by atoms with Gasteiger partial charge >= 0.3 is 6.55 Å². The highest BCUT2D eigenvalue weighted by Crippen LogP contribution is 2.30. The normalized spacial score (nSPS) is 13.9. The number of ether oxygens (including phenoxy) is 1. The van der Waals surface area contributed by atoms with Crippen LogP contribution in [-0.4, -0.2) is 28.7 Å². The molecule has 1 saturated carbocycles. The first-order chi connectivity index (χ1) is 13.2. The summed E-state index contributed by atoms with van der Waals surface area (Å²) in [5.41, 5.74) is 0.990. The predicted octanol–water partition coefficient (Wildman–Crippen LogP) is 3.94. The molecule has 3 rings (SSSR count). The van der Waals surface area contributed by atoms with Gasteiger partial charge in [0.05, 0.1) is 19.7 Å². The molecule has 9 heteroatoms. The molecular formula is C19H26F2IN5O. The number of hydrogen-bond acceptors (Lipinski definition) is 3. The van der Waals surface area contributed by atoms with Gasteiger partial charge < -0.3 is 15.4 Å². The predicted molar refractivity (Wildman–Crippen MR) is 115 cm³/mol. The number of hydrogen-bond donors (Lipinski definition) is 2. The van der Waals surface area contributed by atoms with Crippen molar-refractivity contribution in [2.45, 2.75) is 39.4 Å². The summed E-state index contributed by atoms with van der Waals surface area (Å²) in [4.78, 5) is 8.52. The molecule has 0 spiro atoms. The molecule has 0 amide bonds. The van der Waals surface area contributed by atoms with Crippen LogP contribution < -0.4 is 15.4 Å². The summed E-state index contributed by atoms with van der Waals surface area (Å²) in [6.07, 6.45) is 5.10. The maximum Gasteiger partial charge on any atom is 0.319 e. The van der Waals surface area contributed by atoms with Crippen molar-refractivity contribution in [3.05, 3.63) is 48.0 Å². The summed E-state index contributed by atoms with van der Waals surface area (Å²) in [7, 11) is 0. The van der Waals surface area contributed by atoms with Crippen LogP contribution in [0.2, 0.25) is 0 Å². The standard InChI is InChI=1S/C19H25F2N5O.HI/c1-2-22-19(25-12-17-23-9-10-26(17)18(20)21)24-11-15-5-3-4-6-16(15)27-13-14-7-8-14;/h3-6,9-10,14,18H,2,7-8,11-13H2,1H3,(H2,22,24,25);1H. The van der Waals surface area contributed by atoms with Gasteiger partial charge in [-0.1, -0.05) is 18.2 Å². The van der Waals surface area contributed by atoms with Crippen LogP contribution in [0.5, 0.6) is 5.75 Å². The molecule has 0 saturated heterocycles. The lowest BCUT2D eigenvalue weighted by Gasteiger charge is -2.13. The molecule has 0 aliphatic heterocycles. The Hall–Kier alpha value is -1.91. The van der Waals surface area contributed by atoms with E-state index in [9.17, 15) is 8.78 Å². The lowest BCUT2D eigenvalue weighted by atomic mass is 10.2. The lowest BCUT2D eigenvalue weighted by molar-refractivity contribution is 0.0668. The largest absolute Gasteiger partial charge is 0.493 e. The van der Waals surface area contributed by atoms with Crippen LogP contribution in [-0.2, 0) is 13.1 Å². The van der Waals surface area contributed by atoms with E-state index in [1.807, 2.05) is 31.2 Å². The van der Waals surface area contributed by atoms with Crippen LogP contribution in [0.3, 0.4) is 0 Å². The molecule has 2 N–H and O–H groups in total. The van der Waals surface area contributed by atoms with Gasteiger partial charge in [0.15, 0.2) is 5.96 Å². The lowest BCUT2D eigenvalue weighted by Crippen LogP contribution is -2.37. The fourth-order valence-corrected chi connectivity index (χ4v) is 2.59. The quantitative estimate of drug-likeness (QED) is 0.308. The van der Waals surface area contributed by atoms with Crippen LogP contribution in [0.25, 0.3) is 0 Å². The smallest absolute Gasteiger partial charge is 0.319 e. The molecule has 6 nitrogen and oxygen atoms in total. The van der Waals surface area contributed by atoms with E-state index in [2.05, 4.69) is 20.6 Å². The first kappa shape index (κ1) is 22.4. The van der Waals surface area contributed by atoms with Gasteiger partial charge in [-0.2, -0.15) is 8.78 Å². The van der Waals surface area contributed by atoms with Crippen molar-refractivity contribution in [3.63, 3.8) is 0 Å². The summed E-state index contributed by atoms with van der Waals surface area (Å²) in [5.74, 6) is 2.32. The molecule has 1 aliphatic rings. The number of benzene rings is 1. The molecule has 2 aromatic rings. The van der Waals surface area contributed by atoms with E-state index >= 15 is 0 Å². The summed E-state index contributed by atoms with van der Waals surface area (Å²) in [6, 6.07) is 7.84. The number of nitrogens with zero attached hydrogens (tertiary/aromatic N) is 3. The van der Waals surface area contributed by atoms with Crippen molar-refractivity contribution in [2.75, 3.05) is 13.2 Å². The molecule has 1 aromatic carbocycles. The summed E-state index contributed by atoms with van der Waals surface area (Å²) < 4.78 is 32.6. The minimum atomic E-state index is -2.61. The van der Waals surface area contributed by atoms with Gasteiger partial charge in [0.1, 0.15) is 11.6 Å². The zero-order valence-electron chi connectivity index (χ0n) is 15.8. The summed E-state index contributed by atoms with van der Waals surface area (Å²) >= 11 is 0. The highest BCUT2D eigenvalue weighted by atomic mass is 127. The van der Waals surface area contributed by atoms with Gasteiger partial charge in [-0.25, -0.2) is 9.98 Å². The van der Waals surface area contributed by atoms with Gasteiger partial charge in [0, 0.05) is 24.5 Å². The molecule has 1 heterocycles. The van der Waals surface area contributed by atoms with Crippen LogP contribution in [0, 0.1) is 5.92 Å². The molecule has 0 radical (unpaired) electrons. The second kappa shape index (κ2) is 11.2. The summed E-state index contributed by atoms with van der Waals surface area (Å²) in [5, 5.41) is 6.17. The van der Waals surface area contributed by atoms with E-state index in [1.165, 1.54) is 25.2 Å². The molecule has 1 aliphatic carbocycles. The number of imidazole rings is 1. The van der Waals surface area contributed by atoms with Crippen molar-refractivity contribution in [2.24, 2.45) is 10.9 Å². The second-order valence-electron chi connectivity index (χ2n) is 6.44. The maximum absolute atomic E-state index is 12.9. The SMILES string of the molecule is CCNC(=NCc1ccccc1OCC1CC1)NCc1nccn1C(F)F.I. The highest BCUT2D eigenvalue weighted by molar-refractivity contribution is 14.0. The van der Waals surface area contributed by atoms with Crippen LogP contribution >= 0.6 is 24.0 Å². The Bertz CT molecular complexity index is 764. The van der Waals surface area contributed by atoms with Crippen molar-refractivity contribution in [1.29, 1.82) is 0 Å². The first-order valence-electron chi connectivity index (χ1n) is 9.20. The molecule has 154 valence electrons. The Morgan fingerprint density at radius 2 is 2.11 bits per heavy atom. The molecule has 1 aromatic heterocycles. The zero-order chi connectivity index (χ0) is 19.1. The Morgan fingerprint density at radius 1 is 1.32 bits per heavy atom. The first-order valence-corrected chi connectivity index (χ1v) is 9.20. The van der Waals surface area contributed by atoms with Gasteiger partial charge in [-0.3, -0.25) is 4.57 Å². The number of rotatable bonds is 9. The van der Waals surface area contributed by atoms with E-state index in [0.717, 1.165) is 22.5 Å². The number of guanidine groups is 1. The topological polar surface area (TPSA) is 63.5 Å². The van der Waals surface area contributed by atoms with Crippen molar-refractivity contribution in [1.82, 2.24) is 20.2 Å².